The number of hydrogen-bond acceptors (Lipinski definition) is 3. The molecular formula is C21H27NO3. The molecule has 4 nitrogen and oxygen atoms in total. The molecule has 0 saturated carbocycles. The van der Waals surface area contributed by atoms with Gasteiger partial charge >= 0.3 is 0 Å². The molecule has 2 aromatic rings. The second kappa shape index (κ2) is 10.4. The van der Waals surface area contributed by atoms with Gasteiger partial charge in [0, 0.05) is 11.8 Å². The molecule has 0 aliphatic carbocycles. The first-order valence-corrected chi connectivity index (χ1v) is 9.00. The Morgan fingerprint density at radius 2 is 1.64 bits per heavy atom. The molecule has 0 bridgehead atoms. The zero-order valence-corrected chi connectivity index (χ0v) is 15.1. The molecule has 0 radical (unpaired) electrons. The average Bonchev–Trinajstić information content (AvgIpc) is 2.63. The minimum atomic E-state index is -0.183. The summed E-state index contributed by atoms with van der Waals surface area (Å²) in [6, 6.07) is 14.8. The van der Waals surface area contributed by atoms with Crippen LogP contribution in [0.1, 0.15) is 49.9 Å². The van der Waals surface area contributed by atoms with Gasteiger partial charge in [-0.1, -0.05) is 44.9 Å². The lowest BCUT2D eigenvalue weighted by atomic mass is 10.1. The number of carbonyl (C=O) groups is 1. The summed E-state index contributed by atoms with van der Waals surface area (Å²) < 4.78 is 11.4. The number of para-hydroxylation sites is 1. The maximum Gasteiger partial charge on any atom is 0.259 e. The topological polar surface area (TPSA) is 47.6 Å². The molecule has 0 aliphatic heterocycles. The highest BCUT2D eigenvalue weighted by Gasteiger charge is 2.12. The van der Waals surface area contributed by atoms with E-state index in [1.54, 1.807) is 6.07 Å². The maximum absolute atomic E-state index is 12.6. The van der Waals surface area contributed by atoms with Crippen LogP contribution in [0.4, 0.5) is 5.69 Å². The van der Waals surface area contributed by atoms with Crippen molar-refractivity contribution in [3.8, 4) is 11.5 Å². The lowest BCUT2D eigenvalue weighted by molar-refractivity contribution is 0.102. The molecule has 0 aliphatic rings. The summed E-state index contributed by atoms with van der Waals surface area (Å²) >= 11 is 0. The van der Waals surface area contributed by atoms with E-state index >= 15 is 0 Å². The monoisotopic (exact) mass is 341 g/mol. The van der Waals surface area contributed by atoms with Crippen LogP contribution < -0.4 is 14.8 Å². The fourth-order valence-corrected chi connectivity index (χ4v) is 2.30. The van der Waals surface area contributed by atoms with Crippen LogP contribution in [0.3, 0.4) is 0 Å². The normalized spacial score (nSPS) is 10.3. The molecular weight excluding hydrogens is 314 g/mol. The number of ether oxygens (including phenoxy) is 2. The van der Waals surface area contributed by atoms with Crippen molar-refractivity contribution in [3.05, 3.63) is 54.1 Å². The average molecular weight is 341 g/mol. The molecule has 0 aromatic heterocycles. The molecule has 0 atom stereocenters. The van der Waals surface area contributed by atoms with Crippen LogP contribution >= 0.6 is 0 Å². The molecule has 1 amide bonds. The highest BCUT2D eigenvalue weighted by molar-refractivity contribution is 6.06. The van der Waals surface area contributed by atoms with Crippen molar-refractivity contribution in [2.75, 3.05) is 18.5 Å². The predicted octanol–water partition coefficient (Wildman–Crippen LogP) is 5.30. The number of hydrogen-bond donors (Lipinski definition) is 1. The van der Waals surface area contributed by atoms with Crippen LogP contribution in [0, 0.1) is 0 Å². The van der Waals surface area contributed by atoms with E-state index < -0.39 is 0 Å². The van der Waals surface area contributed by atoms with Crippen LogP contribution in [0.5, 0.6) is 11.5 Å². The zero-order valence-electron chi connectivity index (χ0n) is 15.1. The summed E-state index contributed by atoms with van der Waals surface area (Å²) in [5.74, 6) is 1.19. The minimum absolute atomic E-state index is 0.183. The lowest BCUT2D eigenvalue weighted by Crippen LogP contribution is -2.14. The van der Waals surface area contributed by atoms with Gasteiger partial charge in [0.2, 0.25) is 0 Å². The van der Waals surface area contributed by atoms with Crippen molar-refractivity contribution in [2.24, 2.45) is 0 Å². The highest BCUT2D eigenvalue weighted by Crippen LogP contribution is 2.22. The van der Waals surface area contributed by atoms with Gasteiger partial charge in [0.15, 0.2) is 0 Å². The number of amides is 1. The van der Waals surface area contributed by atoms with Crippen molar-refractivity contribution in [2.45, 2.75) is 39.5 Å². The summed E-state index contributed by atoms with van der Waals surface area (Å²) in [7, 11) is 0. The Morgan fingerprint density at radius 1 is 0.920 bits per heavy atom. The number of unbranched alkanes of at least 4 members (excludes halogenated alkanes) is 2. The summed E-state index contributed by atoms with van der Waals surface area (Å²) in [6.45, 7) is 5.53. The van der Waals surface area contributed by atoms with Crippen LogP contribution in [0.25, 0.3) is 0 Å². The molecule has 0 fully saturated rings. The van der Waals surface area contributed by atoms with Crippen LogP contribution in [0.2, 0.25) is 0 Å². The van der Waals surface area contributed by atoms with Gasteiger partial charge in [-0.05, 0) is 37.1 Å². The summed E-state index contributed by atoms with van der Waals surface area (Å²) in [4.78, 5) is 12.6. The molecule has 0 spiro atoms. The van der Waals surface area contributed by atoms with Gasteiger partial charge in [-0.15, -0.1) is 0 Å². The molecule has 25 heavy (non-hydrogen) atoms. The number of benzene rings is 2. The van der Waals surface area contributed by atoms with E-state index in [0.29, 0.717) is 30.2 Å². The Kier molecular flexibility index (Phi) is 7.83. The van der Waals surface area contributed by atoms with E-state index in [-0.39, 0.29) is 5.91 Å². The smallest absolute Gasteiger partial charge is 0.259 e. The van der Waals surface area contributed by atoms with Gasteiger partial charge in [0.25, 0.3) is 5.91 Å². The predicted molar refractivity (Wildman–Crippen MR) is 102 cm³/mol. The van der Waals surface area contributed by atoms with Crippen molar-refractivity contribution in [1.82, 2.24) is 0 Å². The molecule has 2 aromatic carbocycles. The Morgan fingerprint density at radius 3 is 2.40 bits per heavy atom. The lowest BCUT2D eigenvalue weighted by Gasteiger charge is -2.12. The van der Waals surface area contributed by atoms with Gasteiger partial charge in [-0.3, -0.25) is 4.79 Å². The Balaban J connectivity index is 2.03. The molecule has 2 rings (SSSR count). The first-order chi connectivity index (χ1) is 12.2. The third kappa shape index (κ3) is 6.14. The first-order valence-electron chi connectivity index (χ1n) is 9.00. The van der Waals surface area contributed by atoms with E-state index in [2.05, 4.69) is 19.2 Å². The largest absolute Gasteiger partial charge is 0.494 e. The van der Waals surface area contributed by atoms with Crippen LogP contribution in [-0.2, 0) is 0 Å². The molecule has 1 N–H and O–H groups in total. The summed E-state index contributed by atoms with van der Waals surface area (Å²) in [6.07, 6.45) is 4.12. The fraction of sp³-hybridized carbons (Fsp3) is 0.381. The molecule has 0 heterocycles. The molecule has 134 valence electrons. The second-order valence-corrected chi connectivity index (χ2v) is 5.88. The highest BCUT2D eigenvalue weighted by atomic mass is 16.5. The van der Waals surface area contributed by atoms with Crippen LogP contribution in [-0.4, -0.2) is 19.1 Å². The van der Waals surface area contributed by atoms with E-state index in [0.717, 1.165) is 31.4 Å². The Bertz CT molecular complexity index is 670. The van der Waals surface area contributed by atoms with Crippen molar-refractivity contribution in [1.29, 1.82) is 0 Å². The van der Waals surface area contributed by atoms with Gasteiger partial charge in [0.05, 0.1) is 18.8 Å². The second-order valence-electron chi connectivity index (χ2n) is 5.88. The maximum atomic E-state index is 12.6. The zero-order chi connectivity index (χ0) is 17.9. The van der Waals surface area contributed by atoms with E-state index in [4.69, 9.17) is 9.47 Å². The first kappa shape index (κ1) is 18.8. The van der Waals surface area contributed by atoms with E-state index in [1.165, 1.54) is 0 Å². The quantitative estimate of drug-likeness (QED) is 0.597. The standard InChI is InChI=1S/C21H27NO3/c1-3-5-14-24-18-11-9-10-17(16-18)22-21(23)19-12-7-8-13-20(19)25-15-6-4-2/h7-13,16H,3-6,14-15H2,1-2H3,(H,22,23). The number of rotatable bonds is 10. The Hall–Kier alpha value is -2.49. The summed E-state index contributed by atoms with van der Waals surface area (Å²) in [5.41, 5.74) is 1.25. The minimum Gasteiger partial charge on any atom is -0.494 e. The molecule has 0 unspecified atom stereocenters. The third-order valence-electron chi connectivity index (χ3n) is 3.75. The van der Waals surface area contributed by atoms with Crippen molar-refractivity contribution in [3.63, 3.8) is 0 Å². The molecule has 4 heteroatoms. The van der Waals surface area contributed by atoms with E-state index in [1.807, 2.05) is 42.5 Å². The SMILES string of the molecule is CCCCOc1cccc(NC(=O)c2ccccc2OCCCC)c1. The van der Waals surface area contributed by atoms with Gasteiger partial charge in [0.1, 0.15) is 11.5 Å². The van der Waals surface area contributed by atoms with Gasteiger partial charge in [-0.2, -0.15) is 0 Å². The summed E-state index contributed by atoms with van der Waals surface area (Å²) in [5, 5.41) is 2.92. The van der Waals surface area contributed by atoms with Gasteiger partial charge < -0.3 is 14.8 Å². The van der Waals surface area contributed by atoms with Gasteiger partial charge in [-0.25, -0.2) is 0 Å². The fourth-order valence-electron chi connectivity index (χ4n) is 2.30. The third-order valence-corrected chi connectivity index (χ3v) is 3.75. The Labute approximate surface area is 150 Å². The van der Waals surface area contributed by atoms with E-state index in [9.17, 15) is 4.79 Å². The van der Waals surface area contributed by atoms with Crippen LogP contribution in [0.15, 0.2) is 48.5 Å². The number of anilines is 1. The van der Waals surface area contributed by atoms with Crippen molar-refractivity contribution >= 4 is 11.6 Å². The number of nitrogens with one attached hydrogen (secondary N) is 1. The molecule has 0 saturated heterocycles. The van der Waals surface area contributed by atoms with Crippen molar-refractivity contribution < 1.29 is 14.3 Å². The number of carbonyl (C=O) groups excluding carboxylic acids is 1.